The lowest BCUT2D eigenvalue weighted by molar-refractivity contribution is -0.386. The van der Waals surface area contributed by atoms with Crippen LogP contribution in [-0.2, 0) is 0 Å². The Morgan fingerprint density at radius 3 is 2.68 bits per heavy atom. The Hall–Kier alpha value is -4.99. The number of aromatic nitrogens is 2. The Balaban J connectivity index is 1.72. The Bertz CT molecular complexity index is 1750. The highest BCUT2D eigenvalue weighted by atomic mass is 16.6. The van der Waals surface area contributed by atoms with Gasteiger partial charge in [-0.25, -0.2) is 4.98 Å². The lowest BCUT2D eigenvalue weighted by Gasteiger charge is -2.14. The molecule has 2 heterocycles. The fraction of sp³-hybridized carbons (Fsp3) is 0.179. The monoisotopic (exact) mass is 512 g/mol. The van der Waals surface area contributed by atoms with Crippen molar-refractivity contribution in [2.24, 2.45) is 5.10 Å². The van der Waals surface area contributed by atoms with Gasteiger partial charge in [-0.2, -0.15) is 9.78 Å². The Labute approximate surface area is 216 Å². The van der Waals surface area contributed by atoms with Gasteiger partial charge in [0.1, 0.15) is 11.3 Å². The standard InChI is InChI=1S/C28H24N4O6/c1-4-17(2)37-26-18(9-7-12-22(26)32(34)35)16-29-31-27(30-21-11-6-5-10-19(21)28(31)33)25-15-20-23(36-3)13-8-14-24(20)38-25/h5-17H,4H2,1-3H3/t17-/m0/s1. The minimum absolute atomic E-state index is 0.0763. The molecule has 0 amide bonds. The van der Waals surface area contributed by atoms with Crippen molar-refractivity contribution in [1.82, 2.24) is 9.66 Å². The molecule has 0 aliphatic heterocycles. The second kappa shape index (κ2) is 10.2. The van der Waals surface area contributed by atoms with Crippen molar-refractivity contribution in [2.45, 2.75) is 26.4 Å². The molecule has 5 rings (SSSR count). The molecular weight excluding hydrogens is 488 g/mol. The first-order valence-corrected chi connectivity index (χ1v) is 12.0. The molecule has 3 aromatic carbocycles. The van der Waals surface area contributed by atoms with E-state index in [1.54, 1.807) is 55.6 Å². The molecule has 0 aliphatic rings. The minimum Gasteiger partial charge on any atom is -0.496 e. The molecule has 0 saturated heterocycles. The lowest BCUT2D eigenvalue weighted by atomic mass is 10.2. The first kappa shape index (κ1) is 24.7. The van der Waals surface area contributed by atoms with Gasteiger partial charge in [0.2, 0.25) is 11.6 Å². The van der Waals surface area contributed by atoms with Crippen LogP contribution in [0.25, 0.3) is 33.5 Å². The molecule has 10 heteroatoms. The highest BCUT2D eigenvalue weighted by Crippen LogP contribution is 2.34. The zero-order valence-electron chi connectivity index (χ0n) is 21.0. The van der Waals surface area contributed by atoms with Crippen molar-refractivity contribution in [3.63, 3.8) is 0 Å². The van der Waals surface area contributed by atoms with Crippen LogP contribution in [0.1, 0.15) is 25.8 Å². The van der Waals surface area contributed by atoms with Crippen LogP contribution < -0.4 is 15.0 Å². The summed E-state index contributed by atoms with van der Waals surface area (Å²) in [4.78, 5) is 29.4. The molecule has 38 heavy (non-hydrogen) atoms. The maximum Gasteiger partial charge on any atom is 0.311 e. The molecule has 192 valence electrons. The fourth-order valence-corrected chi connectivity index (χ4v) is 4.03. The van der Waals surface area contributed by atoms with Crippen molar-refractivity contribution < 1.29 is 18.8 Å². The van der Waals surface area contributed by atoms with Gasteiger partial charge in [-0.1, -0.05) is 31.2 Å². The number of ether oxygens (including phenoxy) is 2. The van der Waals surface area contributed by atoms with Gasteiger partial charge < -0.3 is 13.9 Å². The van der Waals surface area contributed by atoms with Gasteiger partial charge in [0.05, 0.1) is 40.6 Å². The summed E-state index contributed by atoms with van der Waals surface area (Å²) in [6, 6.07) is 18.6. The Morgan fingerprint density at radius 2 is 1.92 bits per heavy atom. The molecule has 0 radical (unpaired) electrons. The zero-order chi connectivity index (χ0) is 26.8. The highest BCUT2D eigenvalue weighted by molar-refractivity contribution is 5.89. The van der Waals surface area contributed by atoms with E-state index >= 15 is 0 Å². The largest absolute Gasteiger partial charge is 0.496 e. The second-order valence-corrected chi connectivity index (χ2v) is 8.59. The molecule has 10 nitrogen and oxygen atoms in total. The number of methoxy groups -OCH3 is 1. The van der Waals surface area contributed by atoms with Crippen LogP contribution >= 0.6 is 0 Å². The fourth-order valence-electron chi connectivity index (χ4n) is 4.03. The van der Waals surface area contributed by atoms with Gasteiger partial charge >= 0.3 is 5.69 Å². The van der Waals surface area contributed by atoms with Gasteiger partial charge in [-0.15, -0.1) is 0 Å². The number of fused-ring (bicyclic) bond motifs is 2. The second-order valence-electron chi connectivity index (χ2n) is 8.59. The predicted octanol–water partition coefficient (Wildman–Crippen LogP) is 5.79. The summed E-state index contributed by atoms with van der Waals surface area (Å²) in [5.41, 5.74) is 0.756. The zero-order valence-corrected chi connectivity index (χ0v) is 21.0. The van der Waals surface area contributed by atoms with E-state index in [9.17, 15) is 14.9 Å². The summed E-state index contributed by atoms with van der Waals surface area (Å²) in [5, 5.41) is 17.2. The van der Waals surface area contributed by atoms with E-state index in [4.69, 9.17) is 13.9 Å². The SMILES string of the molecule is CC[C@H](C)Oc1c(C=Nn2c(-c3cc4c(OC)cccc4o3)nc3ccccc3c2=O)cccc1[N+](=O)[O-]. The summed E-state index contributed by atoms with van der Waals surface area (Å²) >= 11 is 0. The molecular formula is C28H24N4O6. The molecule has 0 spiro atoms. The Morgan fingerprint density at radius 1 is 1.13 bits per heavy atom. The van der Waals surface area contributed by atoms with Gasteiger partial charge in [0.25, 0.3) is 5.56 Å². The van der Waals surface area contributed by atoms with E-state index in [0.29, 0.717) is 45.4 Å². The number of hydrogen-bond donors (Lipinski definition) is 0. The van der Waals surface area contributed by atoms with Crippen molar-refractivity contribution in [3.05, 3.63) is 92.8 Å². The average molecular weight is 513 g/mol. The molecule has 2 aromatic heterocycles. The van der Waals surface area contributed by atoms with Gasteiger partial charge in [0, 0.05) is 11.6 Å². The van der Waals surface area contributed by atoms with Gasteiger partial charge in [-0.05, 0) is 49.7 Å². The number of nitro benzene ring substituents is 1. The van der Waals surface area contributed by atoms with Crippen LogP contribution in [0.15, 0.2) is 81.0 Å². The van der Waals surface area contributed by atoms with E-state index in [2.05, 4.69) is 10.1 Å². The first-order valence-electron chi connectivity index (χ1n) is 12.0. The number of para-hydroxylation sites is 2. The van der Waals surface area contributed by atoms with Gasteiger partial charge in [-0.3, -0.25) is 14.9 Å². The smallest absolute Gasteiger partial charge is 0.311 e. The molecule has 0 saturated carbocycles. The van der Waals surface area contributed by atoms with Crippen LogP contribution in [0.5, 0.6) is 11.5 Å². The normalized spacial score (nSPS) is 12.3. The number of rotatable bonds is 8. The van der Waals surface area contributed by atoms with Crippen LogP contribution in [-0.4, -0.2) is 34.0 Å². The molecule has 0 bridgehead atoms. The van der Waals surface area contributed by atoms with Crippen LogP contribution in [0.4, 0.5) is 5.69 Å². The van der Waals surface area contributed by atoms with Crippen LogP contribution in [0.2, 0.25) is 0 Å². The molecule has 1 atom stereocenters. The van der Waals surface area contributed by atoms with Crippen molar-refractivity contribution in [1.29, 1.82) is 0 Å². The summed E-state index contributed by atoms with van der Waals surface area (Å²) in [6.45, 7) is 3.74. The molecule has 0 aliphatic carbocycles. The predicted molar refractivity (Wildman–Crippen MR) is 144 cm³/mol. The minimum atomic E-state index is -0.508. The first-order chi connectivity index (χ1) is 18.4. The Kier molecular flexibility index (Phi) is 6.61. The maximum absolute atomic E-state index is 13.6. The third kappa shape index (κ3) is 4.47. The van der Waals surface area contributed by atoms with Crippen molar-refractivity contribution in [3.8, 4) is 23.1 Å². The summed E-state index contributed by atoms with van der Waals surface area (Å²) in [5.74, 6) is 1.16. The third-order valence-electron chi connectivity index (χ3n) is 6.14. The van der Waals surface area contributed by atoms with E-state index < -0.39 is 10.5 Å². The molecule has 0 N–H and O–H groups in total. The van der Waals surface area contributed by atoms with E-state index in [1.807, 2.05) is 19.9 Å². The summed E-state index contributed by atoms with van der Waals surface area (Å²) < 4.78 is 18.5. The van der Waals surface area contributed by atoms with Crippen LogP contribution in [0, 0.1) is 10.1 Å². The lowest BCUT2D eigenvalue weighted by Crippen LogP contribution is -2.20. The number of hydrogen-bond acceptors (Lipinski definition) is 8. The van der Waals surface area contributed by atoms with Crippen LogP contribution in [0.3, 0.4) is 0 Å². The van der Waals surface area contributed by atoms with Gasteiger partial charge in [0.15, 0.2) is 5.76 Å². The molecule has 5 aromatic rings. The number of furan rings is 1. The summed E-state index contributed by atoms with van der Waals surface area (Å²) in [7, 11) is 1.56. The van der Waals surface area contributed by atoms with E-state index in [-0.39, 0.29) is 23.4 Å². The molecule has 0 fully saturated rings. The van der Waals surface area contributed by atoms with Crippen molar-refractivity contribution >= 4 is 33.8 Å². The number of benzene rings is 3. The van der Waals surface area contributed by atoms with E-state index in [0.717, 1.165) is 4.68 Å². The van der Waals surface area contributed by atoms with Crippen molar-refractivity contribution in [2.75, 3.05) is 7.11 Å². The van der Waals surface area contributed by atoms with E-state index in [1.165, 1.54) is 18.3 Å². The third-order valence-corrected chi connectivity index (χ3v) is 6.14. The highest BCUT2D eigenvalue weighted by Gasteiger charge is 2.21. The number of nitro groups is 1. The quantitative estimate of drug-likeness (QED) is 0.147. The maximum atomic E-state index is 13.6. The topological polar surface area (TPSA) is 122 Å². The summed E-state index contributed by atoms with van der Waals surface area (Å²) in [6.07, 6.45) is 1.74. The number of nitrogens with zero attached hydrogens (tertiary/aromatic N) is 4. The average Bonchev–Trinajstić information content (AvgIpc) is 3.37. The molecule has 0 unspecified atom stereocenters.